The molecular formula is C17H36O6. The molecule has 0 fully saturated rings. The first-order valence-electron chi connectivity index (χ1n) is 8.77. The summed E-state index contributed by atoms with van der Waals surface area (Å²) in [7, 11) is 0. The highest BCUT2D eigenvalue weighted by Gasteiger charge is 1.95. The summed E-state index contributed by atoms with van der Waals surface area (Å²) < 4.78 is 26.6. The van der Waals surface area contributed by atoms with E-state index in [2.05, 4.69) is 13.8 Å². The predicted molar refractivity (Wildman–Crippen MR) is 89.9 cm³/mol. The van der Waals surface area contributed by atoms with E-state index in [0.29, 0.717) is 59.5 Å². The zero-order valence-corrected chi connectivity index (χ0v) is 15.0. The van der Waals surface area contributed by atoms with Crippen LogP contribution in [0.4, 0.5) is 0 Å². The maximum atomic E-state index is 8.50. The lowest BCUT2D eigenvalue weighted by Crippen LogP contribution is -2.13. The Labute approximate surface area is 141 Å². The van der Waals surface area contributed by atoms with Crippen LogP contribution in [0, 0.1) is 5.92 Å². The molecule has 0 saturated carbocycles. The van der Waals surface area contributed by atoms with E-state index in [1.807, 2.05) is 0 Å². The minimum absolute atomic E-state index is 0.0479. The van der Waals surface area contributed by atoms with Crippen molar-refractivity contribution < 1.29 is 28.8 Å². The van der Waals surface area contributed by atoms with E-state index in [1.165, 1.54) is 12.8 Å². The average molecular weight is 336 g/mol. The van der Waals surface area contributed by atoms with Crippen molar-refractivity contribution in [3.8, 4) is 0 Å². The van der Waals surface area contributed by atoms with Gasteiger partial charge in [0, 0.05) is 6.61 Å². The molecular weight excluding hydrogens is 300 g/mol. The molecule has 0 aromatic heterocycles. The lowest BCUT2D eigenvalue weighted by atomic mass is 10.1. The molecule has 1 N–H and O–H groups in total. The number of hydrogen-bond acceptors (Lipinski definition) is 6. The van der Waals surface area contributed by atoms with Crippen LogP contribution in [0.2, 0.25) is 0 Å². The fourth-order valence-corrected chi connectivity index (χ4v) is 1.80. The van der Waals surface area contributed by atoms with Gasteiger partial charge in [0.25, 0.3) is 0 Å². The molecule has 0 rings (SSSR count). The quantitative estimate of drug-likeness (QED) is 0.363. The van der Waals surface area contributed by atoms with Crippen molar-refractivity contribution in [3.05, 3.63) is 0 Å². The van der Waals surface area contributed by atoms with Crippen molar-refractivity contribution >= 4 is 0 Å². The van der Waals surface area contributed by atoms with E-state index in [9.17, 15) is 0 Å². The molecule has 6 nitrogen and oxygen atoms in total. The molecule has 0 aliphatic rings. The Morgan fingerprint density at radius 1 is 0.565 bits per heavy atom. The van der Waals surface area contributed by atoms with Gasteiger partial charge < -0.3 is 28.8 Å². The normalized spacial score (nSPS) is 11.5. The highest BCUT2D eigenvalue weighted by Crippen LogP contribution is 2.05. The van der Waals surface area contributed by atoms with Gasteiger partial charge in [0.1, 0.15) is 0 Å². The molecule has 0 aliphatic carbocycles. The first-order valence-corrected chi connectivity index (χ1v) is 8.77. The van der Waals surface area contributed by atoms with Gasteiger partial charge in [-0.05, 0) is 12.3 Å². The molecule has 0 heterocycles. The molecule has 0 aliphatic heterocycles. The number of unbranched alkanes of at least 4 members (excludes halogenated alkanes) is 1. The van der Waals surface area contributed by atoms with Crippen molar-refractivity contribution in [2.75, 3.05) is 72.7 Å². The number of aliphatic hydroxyl groups excluding tert-OH is 1. The molecule has 0 atom stereocenters. The Balaban J connectivity index is 2.95. The average Bonchev–Trinajstić information content (AvgIpc) is 2.53. The first-order chi connectivity index (χ1) is 11.3. The molecule has 0 amide bonds. The number of ether oxygens (including phenoxy) is 5. The zero-order valence-electron chi connectivity index (χ0n) is 15.0. The van der Waals surface area contributed by atoms with E-state index >= 15 is 0 Å². The second kappa shape index (κ2) is 19.8. The summed E-state index contributed by atoms with van der Waals surface area (Å²) in [5.41, 5.74) is 0. The Bertz CT molecular complexity index is 213. The van der Waals surface area contributed by atoms with E-state index in [1.54, 1.807) is 0 Å². The summed E-state index contributed by atoms with van der Waals surface area (Å²) in [5, 5.41) is 8.50. The summed E-state index contributed by atoms with van der Waals surface area (Å²) in [4.78, 5) is 0. The van der Waals surface area contributed by atoms with Gasteiger partial charge in [0.15, 0.2) is 0 Å². The van der Waals surface area contributed by atoms with Gasteiger partial charge in [-0.15, -0.1) is 0 Å². The number of rotatable bonds is 19. The van der Waals surface area contributed by atoms with E-state index in [0.717, 1.165) is 18.9 Å². The third-order valence-corrected chi connectivity index (χ3v) is 3.04. The van der Waals surface area contributed by atoms with Gasteiger partial charge in [0.2, 0.25) is 0 Å². The Kier molecular flexibility index (Phi) is 19.6. The summed E-state index contributed by atoms with van der Waals surface area (Å²) in [6.07, 6.45) is 3.64. The topological polar surface area (TPSA) is 66.4 Å². The smallest absolute Gasteiger partial charge is 0.0701 e. The van der Waals surface area contributed by atoms with Gasteiger partial charge >= 0.3 is 0 Å². The fourth-order valence-electron chi connectivity index (χ4n) is 1.80. The van der Waals surface area contributed by atoms with Crippen LogP contribution < -0.4 is 0 Å². The maximum absolute atomic E-state index is 8.50. The lowest BCUT2D eigenvalue weighted by molar-refractivity contribution is -0.0134. The van der Waals surface area contributed by atoms with Gasteiger partial charge in [0.05, 0.1) is 66.1 Å². The van der Waals surface area contributed by atoms with Crippen LogP contribution in [0.5, 0.6) is 0 Å². The molecule has 0 saturated heterocycles. The molecule has 0 bridgehead atoms. The minimum atomic E-state index is 0.0479. The molecule has 6 heteroatoms. The van der Waals surface area contributed by atoms with Crippen molar-refractivity contribution in [2.24, 2.45) is 5.92 Å². The van der Waals surface area contributed by atoms with Crippen molar-refractivity contribution in [1.29, 1.82) is 0 Å². The van der Waals surface area contributed by atoms with Crippen molar-refractivity contribution in [2.45, 2.75) is 33.1 Å². The van der Waals surface area contributed by atoms with Crippen LogP contribution in [-0.4, -0.2) is 77.8 Å². The highest BCUT2D eigenvalue weighted by atomic mass is 16.6. The standard InChI is InChI=1S/C17H36O6/c1-17(2)5-3-4-7-19-9-11-21-13-15-23-16-14-22-12-10-20-8-6-18/h17-18H,3-16H2,1-2H3. The second-order valence-corrected chi connectivity index (χ2v) is 5.68. The molecule has 0 spiro atoms. The zero-order chi connectivity index (χ0) is 17.0. The fraction of sp³-hybridized carbons (Fsp3) is 1.00. The van der Waals surface area contributed by atoms with E-state index in [4.69, 9.17) is 28.8 Å². The second-order valence-electron chi connectivity index (χ2n) is 5.68. The van der Waals surface area contributed by atoms with Gasteiger partial charge in [-0.25, -0.2) is 0 Å². The molecule has 0 aromatic rings. The van der Waals surface area contributed by atoms with Gasteiger partial charge in [-0.2, -0.15) is 0 Å². The van der Waals surface area contributed by atoms with Crippen molar-refractivity contribution in [3.63, 3.8) is 0 Å². The maximum Gasteiger partial charge on any atom is 0.0701 e. The van der Waals surface area contributed by atoms with Crippen molar-refractivity contribution in [1.82, 2.24) is 0 Å². The Hall–Kier alpha value is -0.240. The van der Waals surface area contributed by atoms with Crippen LogP contribution >= 0.6 is 0 Å². The van der Waals surface area contributed by atoms with Crippen LogP contribution in [0.25, 0.3) is 0 Å². The Morgan fingerprint density at radius 2 is 0.957 bits per heavy atom. The predicted octanol–water partition coefficient (Wildman–Crippen LogP) is 1.89. The largest absolute Gasteiger partial charge is 0.394 e. The Morgan fingerprint density at radius 3 is 1.35 bits per heavy atom. The van der Waals surface area contributed by atoms with Crippen LogP contribution in [0.3, 0.4) is 0 Å². The SMILES string of the molecule is CC(C)CCCCOCCOCCOCCOCCOCCO. The lowest BCUT2D eigenvalue weighted by Gasteiger charge is -2.08. The molecule has 23 heavy (non-hydrogen) atoms. The van der Waals surface area contributed by atoms with E-state index < -0.39 is 0 Å². The van der Waals surface area contributed by atoms with Gasteiger partial charge in [-0.3, -0.25) is 0 Å². The third-order valence-electron chi connectivity index (χ3n) is 3.04. The molecule has 140 valence electrons. The number of aliphatic hydroxyl groups is 1. The van der Waals surface area contributed by atoms with Crippen LogP contribution in [0.1, 0.15) is 33.1 Å². The van der Waals surface area contributed by atoms with Crippen LogP contribution in [0.15, 0.2) is 0 Å². The molecule has 0 unspecified atom stereocenters. The summed E-state index contributed by atoms with van der Waals surface area (Å²) in [5.74, 6) is 0.781. The van der Waals surface area contributed by atoms with E-state index in [-0.39, 0.29) is 6.61 Å². The molecule has 0 radical (unpaired) electrons. The highest BCUT2D eigenvalue weighted by molar-refractivity contribution is 4.46. The van der Waals surface area contributed by atoms with Gasteiger partial charge in [-0.1, -0.05) is 26.7 Å². The summed E-state index contributed by atoms with van der Waals surface area (Å²) in [6, 6.07) is 0. The third kappa shape index (κ3) is 21.8. The van der Waals surface area contributed by atoms with Crippen LogP contribution in [-0.2, 0) is 23.7 Å². The minimum Gasteiger partial charge on any atom is -0.394 e. The first kappa shape index (κ1) is 22.8. The monoisotopic (exact) mass is 336 g/mol. The number of hydrogen-bond donors (Lipinski definition) is 1. The summed E-state index contributed by atoms with van der Waals surface area (Å²) >= 11 is 0. The summed E-state index contributed by atoms with van der Waals surface area (Å²) in [6.45, 7) is 10.3. The molecule has 0 aromatic carbocycles.